The van der Waals surface area contributed by atoms with Gasteiger partial charge < -0.3 is 4.74 Å². The highest BCUT2D eigenvalue weighted by Crippen LogP contribution is 2.44. The second kappa shape index (κ2) is 4.91. The van der Waals surface area contributed by atoms with Gasteiger partial charge in [-0.15, -0.1) is 0 Å². The van der Waals surface area contributed by atoms with E-state index in [1.807, 2.05) is 0 Å². The van der Waals surface area contributed by atoms with Gasteiger partial charge in [-0.1, -0.05) is 34.8 Å². The predicted molar refractivity (Wildman–Crippen MR) is 46.4 cm³/mol. The normalized spacial score (nSPS) is 15.9. The van der Waals surface area contributed by atoms with Crippen LogP contribution in [0.3, 0.4) is 0 Å². The summed E-state index contributed by atoms with van der Waals surface area (Å²) in [6.45, 7) is 1.81. The monoisotopic (exact) mass is 258 g/mol. The summed E-state index contributed by atoms with van der Waals surface area (Å²) in [5, 5.41) is 0. The number of ether oxygens (including phenoxy) is 1. The fourth-order valence-electron chi connectivity index (χ4n) is 0.557. The van der Waals surface area contributed by atoms with Crippen LogP contribution >= 0.6 is 34.8 Å². The SMILES string of the molecule is CCOC(Cl)CC(Cl)(Cl)C(F)(F)F. The Morgan fingerprint density at radius 2 is 1.77 bits per heavy atom. The minimum atomic E-state index is -4.71. The minimum absolute atomic E-state index is 0.204. The van der Waals surface area contributed by atoms with E-state index in [0.29, 0.717) is 0 Å². The van der Waals surface area contributed by atoms with E-state index in [0.717, 1.165) is 0 Å². The molecule has 0 radical (unpaired) electrons. The van der Waals surface area contributed by atoms with Crippen molar-refractivity contribution in [1.82, 2.24) is 0 Å². The van der Waals surface area contributed by atoms with Crippen LogP contribution in [0, 0.1) is 0 Å². The van der Waals surface area contributed by atoms with Crippen LogP contribution in [0.1, 0.15) is 13.3 Å². The molecule has 0 amide bonds. The van der Waals surface area contributed by atoms with Crippen molar-refractivity contribution in [2.45, 2.75) is 29.4 Å². The van der Waals surface area contributed by atoms with Crippen LogP contribution in [-0.4, -0.2) is 22.7 Å². The fraction of sp³-hybridized carbons (Fsp3) is 1.00. The highest BCUT2D eigenvalue weighted by molar-refractivity contribution is 6.49. The van der Waals surface area contributed by atoms with Gasteiger partial charge in [0.1, 0.15) is 5.56 Å². The first kappa shape index (κ1) is 13.6. The molecule has 13 heavy (non-hydrogen) atoms. The van der Waals surface area contributed by atoms with Crippen LogP contribution in [-0.2, 0) is 4.74 Å². The molecule has 1 atom stereocenters. The van der Waals surface area contributed by atoms with Crippen molar-refractivity contribution in [3.8, 4) is 0 Å². The summed E-state index contributed by atoms with van der Waals surface area (Å²) in [5.74, 6) is 0. The molecule has 0 heterocycles. The molecule has 0 N–H and O–H groups in total. The standard InChI is InChI=1S/C6H8Cl3F3O/c1-2-13-4(7)3-5(8,9)6(10,11)12/h4H,2-3H2,1H3. The molecule has 0 aromatic carbocycles. The molecule has 0 saturated carbocycles. The lowest BCUT2D eigenvalue weighted by Crippen LogP contribution is -2.36. The van der Waals surface area contributed by atoms with Crippen molar-refractivity contribution < 1.29 is 17.9 Å². The third-order valence-electron chi connectivity index (χ3n) is 1.18. The first-order valence-corrected chi connectivity index (χ1v) is 4.60. The number of halogens is 6. The molecule has 1 nitrogen and oxygen atoms in total. The summed E-state index contributed by atoms with van der Waals surface area (Å²) in [7, 11) is 0. The van der Waals surface area contributed by atoms with Gasteiger partial charge in [0.2, 0.25) is 4.33 Å². The summed E-state index contributed by atoms with van der Waals surface area (Å²) in [4.78, 5) is 0. The zero-order chi connectivity index (χ0) is 10.7. The van der Waals surface area contributed by atoms with E-state index in [9.17, 15) is 13.2 Å². The maximum atomic E-state index is 12.1. The molecular formula is C6H8Cl3F3O. The summed E-state index contributed by atoms with van der Waals surface area (Å²) in [6.07, 6.45) is -5.41. The van der Waals surface area contributed by atoms with Gasteiger partial charge in [-0.25, -0.2) is 0 Å². The third-order valence-corrected chi connectivity index (χ3v) is 2.20. The quantitative estimate of drug-likeness (QED) is 0.699. The molecular weight excluding hydrogens is 251 g/mol. The zero-order valence-corrected chi connectivity index (χ0v) is 8.94. The minimum Gasteiger partial charge on any atom is -0.363 e. The molecule has 0 bridgehead atoms. The largest absolute Gasteiger partial charge is 0.421 e. The predicted octanol–water partition coefficient (Wildman–Crippen LogP) is 3.71. The van der Waals surface area contributed by atoms with E-state index in [1.54, 1.807) is 6.92 Å². The van der Waals surface area contributed by atoms with Gasteiger partial charge in [0.25, 0.3) is 0 Å². The molecule has 0 aliphatic rings. The molecule has 80 valence electrons. The lowest BCUT2D eigenvalue weighted by Gasteiger charge is -2.24. The Bertz CT molecular complexity index is 160. The van der Waals surface area contributed by atoms with Crippen LogP contribution in [0.15, 0.2) is 0 Å². The average Bonchev–Trinajstić information content (AvgIpc) is 1.83. The van der Waals surface area contributed by atoms with Gasteiger partial charge in [0.15, 0.2) is 0 Å². The molecule has 0 spiro atoms. The summed E-state index contributed by atoms with van der Waals surface area (Å²) in [6, 6.07) is 0. The first-order chi connectivity index (χ1) is 5.70. The van der Waals surface area contributed by atoms with Crippen molar-refractivity contribution in [3.63, 3.8) is 0 Å². The van der Waals surface area contributed by atoms with Crippen LogP contribution in [0.5, 0.6) is 0 Å². The maximum absolute atomic E-state index is 12.1. The second-order valence-corrected chi connectivity index (χ2v) is 4.24. The van der Waals surface area contributed by atoms with Crippen LogP contribution in [0.2, 0.25) is 0 Å². The van der Waals surface area contributed by atoms with Gasteiger partial charge in [0, 0.05) is 13.0 Å². The fourth-order valence-corrected chi connectivity index (χ4v) is 1.35. The Labute approximate surface area is 89.1 Å². The van der Waals surface area contributed by atoms with E-state index in [4.69, 9.17) is 34.8 Å². The van der Waals surface area contributed by atoms with E-state index in [2.05, 4.69) is 4.74 Å². The van der Waals surface area contributed by atoms with Gasteiger partial charge in [0.05, 0.1) is 0 Å². The molecule has 0 aromatic rings. The summed E-state index contributed by atoms with van der Waals surface area (Å²) < 4.78 is 38.0. The molecule has 0 aromatic heterocycles. The second-order valence-electron chi connectivity index (χ2n) is 2.27. The average molecular weight is 259 g/mol. The molecule has 0 aliphatic heterocycles. The Morgan fingerprint density at radius 1 is 1.31 bits per heavy atom. The van der Waals surface area contributed by atoms with Gasteiger partial charge in [-0.3, -0.25) is 0 Å². The van der Waals surface area contributed by atoms with E-state index >= 15 is 0 Å². The summed E-state index contributed by atoms with van der Waals surface area (Å²) >= 11 is 15.4. The lowest BCUT2D eigenvalue weighted by atomic mass is 10.3. The van der Waals surface area contributed by atoms with Gasteiger partial charge in [-0.2, -0.15) is 13.2 Å². The third kappa shape index (κ3) is 4.58. The highest BCUT2D eigenvalue weighted by atomic mass is 35.5. The maximum Gasteiger partial charge on any atom is 0.421 e. The van der Waals surface area contributed by atoms with E-state index < -0.39 is 22.5 Å². The molecule has 7 heteroatoms. The molecule has 0 aliphatic carbocycles. The Morgan fingerprint density at radius 3 is 2.08 bits per heavy atom. The van der Waals surface area contributed by atoms with Crippen molar-refractivity contribution in [3.05, 3.63) is 0 Å². The number of hydrogen-bond donors (Lipinski definition) is 0. The molecule has 0 fully saturated rings. The van der Waals surface area contributed by atoms with Crippen molar-refractivity contribution in [2.24, 2.45) is 0 Å². The van der Waals surface area contributed by atoms with Crippen LogP contribution < -0.4 is 0 Å². The summed E-state index contributed by atoms with van der Waals surface area (Å²) in [5.41, 5.74) is -1.14. The van der Waals surface area contributed by atoms with Crippen molar-refractivity contribution in [2.75, 3.05) is 6.61 Å². The topological polar surface area (TPSA) is 9.23 Å². The van der Waals surface area contributed by atoms with Gasteiger partial charge in [-0.05, 0) is 6.92 Å². The first-order valence-electron chi connectivity index (χ1n) is 3.41. The Kier molecular flexibility index (Phi) is 5.15. The van der Waals surface area contributed by atoms with Crippen LogP contribution in [0.25, 0.3) is 0 Å². The zero-order valence-electron chi connectivity index (χ0n) is 6.67. The lowest BCUT2D eigenvalue weighted by molar-refractivity contribution is -0.146. The Hall–Kier alpha value is 0.620. The van der Waals surface area contributed by atoms with E-state index in [1.165, 1.54) is 0 Å². The molecule has 0 saturated heterocycles. The molecule has 1 unspecified atom stereocenters. The number of rotatable bonds is 4. The number of alkyl halides is 6. The Balaban J connectivity index is 4.17. The van der Waals surface area contributed by atoms with Crippen molar-refractivity contribution >= 4 is 34.8 Å². The van der Waals surface area contributed by atoms with Crippen molar-refractivity contribution in [1.29, 1.82) is 0 Å². The van der Waals surface area contributed by atoms with Crippen LogP contribution in [0.4, 0.5) is 13.2 Å². The highest BCUT2D eigenvalue weighted by Gasteiger charge is 2.53. The number of hydrogen-bond acceptors (Lipinski definition) is 1. The van der Waals surface area contributed by atoms with E-state index in [-0.39, 0.29) is 6.61 Å². The smallest absolute Gasteiger partial charge is 0.363 e. The molecule has 0 rings (SSSR count). The van der Waals surface area contributed by atoms with Gasteiger partial charge >= 0.3 is 6.18 Å².